The van der Waals surface area contributed by atoms with Crippen molar-refractivity contribution in [2.45, 2.75) is 27.2 Å². The van der Waals surface area contributed by atoms with Crippen LogP contribution in [0.25, 0.3) is 21.9 Å². The summed E-state index contributed by atoms with van der Waals surface area (Å²) in [4.78, 5) is 7.95. The Morgan fingerprint density at radius 2 is 2.00 bits per heavy atom. The first-order chi connectivity index (χ1) is 9.10. The molecule has 1 aromatic carbocycles. The van der Waals surface area contributed by atoms with Crippen LogP contribution in [0, 0.1) is 13.8 Å². The second-order valence-electron chi connectivity index (χ2n) is 5.08. The molecule has 2 aromatic heterocycles. The smallest absolute Gasteiger partial charge is 0.331 e. The highest BCUT2D eigenvalue weighted by molar-refractivity contribution is 6.03. The van der Waals surface area contributed by atoms with Crippen LogP contribution in [0.3, 0.4) is 0 Å². The highest BCUT2D eigenvalue weighted by atomic mass is 14.9. The molecule has 0 bridgehead atoms. The summed E-state index contributed by atoms with van der Waals surface area (Å²) in [6, 6.07) is 8.46. The maximum atomic E-state index is 6.37. The van der Waals surface area contributed by atoms with Crippen LogP contribution in [0.15, 0.2) is 24.3 Å². The van der Waals surface area contributed by atoms with Gasteiger partial charge in [0, 0.05) is 12.3 Å². The molecule has 2 heterocycles. The zero-order chi connectivity index (χ0) is 13.6. The summed E-state index contributed by atoms with van der Waals surface area (Å²) in [5.74, 6) is 0. The number of hydrogen-bond donors (Lipinski definition) is 1. The van der Waals surface area contributed by atoms with Crippen LogP contribution < -0.4 is 10.7 Å². The van der Waals surface area contributed by atoms with Gasteiger partial charge in [0.1, 0.15) is 11.2 Å². The molecule has 0 saturated heterocycles. The minimum atomic E-state index is 0.823. The van der Waals surface area contributed by atoms with Gasteiger partial charge in [-0.05, 0) is 47.7 Å². The van der Waals surface area contributed by atoms with Gasteiger partial charge in [0.05, 0.1) is 11.1 Å². The molecule has 0 aliphatic heterocycles. The van der Waals surface area contributed by atoms with Crippen molar-refractivity contribution in [1.29, 1.82) is 0 Å². The Hall–Kier alpha value is -2.16. The highest BCUT2D eigenvalue weighted by Gasteiger charge is 2.15. The van der Waals surface area contributed by atoms with Crippen LogP contribution in [-0.2, 0) is 6.42 Å². The third-order valence-electron chi connectivity index (χ3n) is 3.65. The fraction of sp³-hybridized carbons (Fsp3) is 0.250. The van der Waals surface area contributed by atoms with E-state index >= 15 is 0 Å². The number of nitrogen functional groups attached to an aromatic ring is 1. The maximum Gasteiger partial charge on any atom is 0.331 e. The molecular weight excluding hydrogens is 234 g/mol. The van der Waals surface area contributed by atoms with Gasteiger partial charge < -0.3 is 5.73 Å². The van der Waals surface area contributed by atoms with E-state index < -0.39 is 0 Å². The molecule has 3 N–H and O–H groups in total. The lowest BCUT2D eigenvalue weighted by atomic mass is 10.0. The first-order valence-electron chi connectivity index (χ1n) is 6.61. The number of nitrogens with two attached hydrogens (primary N) is 1. The van der Waals surface area contributed by atoms with Gasteiger partial charge in [-0.1, -0.05) is 13.0 Å². The van der Waals surface area contributed by atoms with Gasteiger partial charge in [-0.15, -0.1) is 0 Å². The number of hydrogen-bond acceptors (Lipinski definition) is 2. The van der Waals surface area contributed by atoms with Crippen molar-refractivity contribution < 1.29 is 4.98 Å². The number of rotatable bonds is 1. The summed E-state index contributed by atoms with van der Waals surface area (Å²) < 4.78 is 0. The lowest BCUT2D eigenvalue weighted by Crippen LogP contribution is -2.11. The summed E-state index contributed by atoms with van der Waals surface area (Å²) in [5.41, 5.74) is 12.6. The Kier molecular flexibility index (Phi) is 2.63. The second-order valence-corrected chi connectivity index (χ2v) is 5.08. The van der Waals surface area contributed by atoms with Crippen LogP contribution in [0.4, 0.5) is 5.69 Å². The fourth-order valence-corrected chi connectivity index (χ4v) is 2.67. The van der Waals surface area contributed by atoms with Gasteiger partial charge >= 0.3 is 5.65 Å². The minimum Gasteiger partial charge on any atom is -0.397 e. The van der Waals surface area contributed by atoms with E-state index in [2.05, 4.69) is 48.1 Å². The maximum absolute atomic E-state index is 6.37. The van der Waals surface area contributed by atoms with Crippen molar-refractivity contribution >= 4 is 27.6 Å². The zero-order valence-corrected chi connectivity index (χ0v) is 11.5. The summed E-state index contributed by atoms with van der Waals surface area (Å²) >= 11 is 0. The number of nitrogens with zero attached hydrogens (tertiary/aromatic N) is 1. The molecule has 0 atom stereocenters. The largest absolute Gasteiger partial charge is 0.397 e. The number of fused-ring (bicyclic) bond motifs is 2. The molecular formula is C16H18N3+. The minimum absolute atomic E-state index is 0.823. The predicted octanol–water partition coefficient (Wildman–Crippen LogP) is 2.96. The van der Waals surface area contributed by atoms with Crippen LogP contribution in [0.2, 0.25) is 0 Å². The van der Waals surface area contributed by atoms with E-state index in [1.54, 1.807) is 0 Å². The van der Waals surface area contributed by atoms with E-state index in [0.29, 0.717) is 0 Å². The Labute approximate surface area is 112 Å². The van der Waals surface area contributed by atoms with Crippen LogP contribution in [-0.4, -0.2) is 4.98 Å². The molecule has 19 heavy (non-hydrogen) atoms. The molecule has 0 saturated carbocycles. The molecule has 3 rings (SSSR count). The second kappa shape index (κ2) is 4.19. The normalized spacial score (nSPS) is 11.3. The number of H-pyrrole nitrogens is 1. The van der Waals surface area contributed by atoms with E-state index in [1.165, 1.54) is 11.1 Å². The quantitative estimate of drug-likeness (QED) is 0.677. The first kappa shape index (κ1) is 11.9. The van der Waals surface area contributed by atoms with E-state index in [9.17, 15) is 0 Å². The molecule has 0 aliphatic rings. The zero-order valence-electron chi connectivity index (χ0n) is 11.5. The van der Waals surface area contributed by atoms with E-state index in [-0.39, 0.29) is 0 Å². The molecule has 3 nitrogen and oxygen atoms in total. The first-order valence-corrected chi connectivity index (χ1v) is 6.61. The molecule has 3 heteroatoms. The van der Waals surface area contributed by atoms with Crippen LogP contribution in [0.1, 0.15) is 23.7 Å². The van der Waals surface area contributed by atoms with E-state index in [0.717, 1.165) is 39.7 Å². The van der Waals surface area contributed by atoms with Crippen molar-refractivity contribution in [3.8, 4) is 0 Å². The van der Waals surface area contributed by atoms with Gasteiger partial charge in [0.15, 0.2) is 0 Å². The van der Waals surface area contributed by atoms with Crippen molar-refractivity contribution in [1.82, 2.24) is 4.98 Å². The Morgan fingerprint density at radius 1 is 1.21 bits per heavy atom. The van der Waals surface area contributed by atoms with Gasteiger partial charge in [-0.2, -0.15) is 0 Å². The van der Waals surface area contributed by atoms with Gasteiger partial charge in [0.2, 0.25) is 0 Å². The molecule has 0 radical (unpaired) electrons. The Balaban J connectivity index is 2.49. The molecule has 0 spiro atoms. The number of aromatic nitrogens is 2. The van der Waals surface area contributed by atoms with Gasteiger partial charge in [-0.25, -0.2) is 4.98 Å². The third-order valence-corrected chi connectivity index (χ3v) is 3.65. The Morgan fingerprint density at radius 3 is 2.74 bits per heavy atom. The number of pyridine rings is 2. The topological polar surface area (TPSA) is 53.0 Å². The number of anilines is 1. The highest BCUT2D eigenvalue weighted by Crippen LogP contribution is 2.28. The standard InChI is InChI=1S/C16H17N3/c1-4-11-5-6-13-12(8-11)15(17)14-9(2)7-10(3)18-16(14)19-13/h5-8H,4H2,1-3H3,(H2,17,18,19)/p+1. The number of aryl methyl sites for hydroxylation is 3. The summed E-state index contributed by atoms with van der Waals surface area (Å²) in [7, 11) is 0. The van der Waals surface area contributed by atoms with Gasteiger partial charge in [-0.3, -0.25) is 0 Å². The fourth-order valence-electron chi connectivity index (χ4n) is 2.67. The summed E-state index contributed by atoms with van der Waals surface area (Å²) in [6.07, 6.45) is 1.01. The number of nitrogens with one attached hydrogen (secondary N) is 1. The van der Waals surface area contributed by atoms with Crippen LogP contribution in [0.5, 0.6) is 0 Å². The summed E-state index contributed by atoms with van der Waals surface area (Å²) in [6.45, 7) is 6.23. The van der Waals surface area contributed by atoms with Crippen molar-refractivity contribution in [2.24, 2.45) is 0 Å². The van der Waals surface area contributed by atoms with Crippen molar-refractivity contribution in [3.63, 3.8) is 0 Å². The van der Waals surface area contributed by atoms with Crippen molar-refractivity contribution in [2.75, 3.05) is 5.73 Å². The monoisotopic (exact) mass is 252 g/mol. The predicted molar refractivity (Wildman–Crippen MR) is 79.1 cm³/mol. The molecule has 0 fully saturated rings. The van der Waals surface area contributed by atoms with Gasteiger partial charge in [0.25, 0.3) is 0 Å². The molecule has 0 unspecified atom stereocenters. The SMILES string of the molecule is CCc1ccc2[nH+]c3nc(C)cc(C)c3c(N)c2c1. The average Bonchev–Trinajstić information content (AvgIpc) is 2.37. The van der Waals surface area contributed by atoms with E-state index in [1.807, 2.05) is 6.92 Å². The van der Waals surface area contributed by atoms with Crippen molar-refractivity contribution in [3.05, 3.63) is 41.1 Å². The number of benzene rings is 1. The van der Waals surface area contributed by atoms with Crippen LogP contribution >= 0.6 is 0 Å². The molecule has 0 aliphatic carbocycles. The number of aromatic amines is 1. The lowest BCUT2D eigenvalue weighted by molar-refractivity contribution is -0.313. The Bertz CT molecular complexity index is 791. The third kappa shape index (κ3) is 1.82. The summed E-state index contributed by atoms with van der Waals surface area (Å²) in [5, 5.41) is 2.12. The lowest BCUT2D eigenvalue weighted by Gasteiger charge is -2.06. The molecule has 0 amide bonds. The molecule has 3 aromatic rings. The average molecular weight is 252 g/mol. The molecule has 96 valence electrons. The van der Waals surface area contributed by atoms with E-state index in [4.69, 9.17) is 5.73 Å².